The fraction of sp³-hybridized carbons (Fsp3) is 0.100. The number of carbonyl (C=O) groups excluding carboxylic acids is 1. The molecule has 2 heterocycles. The van der Waals surface area contributed by atoms with Crippen LogP contribution in [0.15, 0.2) is 30.7 Å². The third-order valence-electron chi connectivity index (χ3n) is 2.00. The molecule has 0 bridgehead atoms. The Labute approximate surface area is 86.1 Å². The Bertz CT molecular complexity index is 465. The zero-order valence-corrected chi connectivity index (χ0v) is 8.10. The first-order chi connectivity index (χ1) is 7.33. The van der Waals surface area contributed by atoms with Gasteiger partial charge in [0.2, 0.25) is 0 Å². The normalized spacial score (nSPS) is 9.93. The molecule has 0 saturated carbocycles. The highest BCUT2D eigenvalue weighted by molar-refractivity contribution is 5.94. The average Bonchev–Trinajstić information content (AvgIpc) is 2.81. The summed E-state index contributed by atoms with van der Waals surface area (Å²) in [6.07, 6.45) is 4.88. The molecule has 0 aliphatic carbocycles. The van der Waals surface area contributed by atoms with Crippen molar-refractivity contribution in [1.29, 1.82) is 0 Å². The smallest absolute Gasteiger partial charge is 0.357 e. The highest BCUT2D eigenvalue weighted by Crippen LogP contribution is 2.20. The molecule has 5 heteroatoms. The van der Waals surface area contributed by atoms with Gasteiger partial charge in [0.25, 0.3) is 0 Å². The van der Waals surface area contributed by atoms with Crippen LogP contribution in [0.25, 0.3) is 11.1 Å². The molecule has 15 heavy (non-hydrogen) atoms. The molecule has 2 aromatic rings. The largest absolute Gasteiger partial charge is 0.464 e. The lowest BCUT2D eigenvalue weighted by Gasteiger charge is -2.03. The van der Waals surface area contributed by atoms with Crippen LogP contribution in [-0.4, -0.2) is 28.3 Å². The lowest BCUT2D eigenvalue weighted by atomic mass is 10.1. The van der Waals surface area contributed by atoms with Crippen molar-refractivity contribution in [1.82, 2.24) is 15.2 Å². The van der Waals surface area contributed by atoms with Crippen molar-refractivity contribution in [2.45, 2.75) is 0 Å². The van der Waals surface area contributed by atoms with Gasteiger partial charge in [-0.3, -0.25) is 5.10 Å². The molecule has 1 N–H and O–H groups in total. The maximum atomic E-state index is 11.4. The number of carbonyl (C=O) groups is 1. The topological polar surface area (TPSA) is 67.9 Å². The average molecular weight is 203 g/mol. The molecule has 76 valence electrons. The van der Waals surface area contributed by atoms with Gasteiger partial charge in [-0.25, -0.2) is 9.78 Å². The third kappa shape index (κ3) is 1.71. The standard InChI is InChI=1S/C10H9N3O2/c1-15-10(14)9-8(3-2-4-11-9)7-5-12-13-6-7/h2-6H,1H3,(H,12,13). The van der Waals surface area contributed by atoms with E-state index >= 15 is 0 Å². The molecule has 0 fully saturated rings. The van der Waals surface area contributed by atoms with E-state index in [0.717, 1.165) is 5.56 Å². The molecule has 0 aliphatic rings. The Balaban J connectivity index is 2.52. The van der Waals surface area contributed by atoms with E-state index in [1.54, 1.807) is 30.7 Å². The fourth-order valence-corrected chi connectivity index (χ4v) is 1.30. The van der Waals surface area contributed by atoms with Gasteiger partial charge in [0.1, 0.15) is 0 Å². The molecule has 0 aromatic carbocycles. The van der Waals surface area contributed by atoms with E-state index in [2.05, 4.69) is 19.9 Å². The van der Waals surface area contributed by atoms with E-state index < -0.39 is 5.97 Å². The molecule has 0 unspecified atom stereocenters. The maximum absolute atomic E-state index is 11.4. The summed E-state index contributed by atoms with van der Waals surface area (Å²) in [6.45, 7) is 0. The lowest BCUT2D eigenvalue weighted by Crippen LogP contribution is -2.05. The van der Waals surface area contributed by atoms with Gasteiger partial charge in [0, 0.05) is 23.5 Å². The highest BCUT2D eigenvalue weighted by atomic mass is 16.5. The van der Waals surface area contributed by atoms with Crippen LogP contribution < -0.4 is 0 Å². The summed E-state index contributed by atoms with van der Waals surface area (Å²) in [6, 6.07) is 3.55. The quantitative estimate of drug-likeness (QED) is 0.746. The summed E-state index contributed by atoms with van der Waals surface area (Å²) in [5.74, 6) is -0.452. The molecular weight excluding hydrogens is 194 g/mol. The van der Waals surface area contributed by atoms with Gasteiger partial charge < -0.3 is 4.74 Å². The number of hydrogen-bond acceptors (Lipinski definition) is 4. The number of nitrogens with zero attached hydrogens (tertiary/aromatic N) is 2. The summed E-state index contributed by atoms with van der Waals surface area (Å²) in [5, 5.41) is 6.50. The lowest BCUT2D eigenvalue weighted by molar-refractivity contribution is 0.0595. The van der Waals surface area contributed by atoms with Gasteiger partial charge in [-0.2, -0.15) is 5.10 Å². The SMILES string of the molecule is COC(=O)c1ncccc1-c1cn[nH]c1. The number of esters is 1. The monoisotopic (exact) mass is 203 g/mol. The Morgan fingerprint density at radius 2 is 2.40 bits per heavy atom. The molecule has 5 nitrogen and oxygen atoms in total. The molecule has 0 radical (unpaired) electrons. The second-order valence-electron chi connectivity index (χ2n) is 2.88. The van der Waals surface area contributed by atoms with Crippen LogP contribution in [0.2, 0.25) is 0 Å². The number of pyridine rings is 1. The number of hydrogen-bond donors (Lipinski definition) is 1. The minimum absolute atomic E-state index is 0.293. The predicted molar refractivity (Wildman–Crippen MR) is 53.2 cm³/mol. The van der Waals surface area contributed by atoms with Gasteiger partial charge in [0.05, 0.1) is 13.3 Å². The first kappa shape index (κ1) is 9.39. The van der Waals surface area contributed by atoms with Crippen molar-refractivity contribution in [3.63, 3.8) is 0 Å². The number of aromatic nitrogens is 3. The van der Waals surface area contributed by atoms with Gasteiger partial charge in [-0.1, -0.05) is 6.07 Å². The predicted octanol–water partition coefficient (Wildman–Crippen LogP) is 1.26. The number of aromatic amines is 1. The van der Waals surface area contributed by atoms with Gasteiger partial charge in [-0.05, 0) is 6.07 Å². The number of methoxy groups -OCH3 is 1. The summed E-state index contributed by atoms with van der Waals surface area (Å²) in [7, 11) is 1.33. The van der Waals surface area contributed by atoms with E-state index in [9.17, 15) is 4.79 Å². The van der Waals surface area contributed by atoms with E-state index in [-0.39, 0.29) is 0 Å². The van der Waals surface area contributed by atoms with Crippen LogP contribution in [-0.2, 0) is 4.74 Å². The van der Waals surface area contributed by atoms with Crippen molar-refractivity contribution in [3.8, 4) is 11.1 Å². The second-order valence-corrected chi connectivity index (χ2v) is 2.88. The Kier molecular flexibility index (Phi) is 2.45. The first-order valence-corrected chi connectivity index (χ1v) is 4.35. The molecule has 0 spiro atoms. The molecule has 0 amide bonds. The van der Waals surface area contributed by atoms with E-state index in [1.807, 2.05) is 0 Å². The zero-order chi connectivity index (χ0) is 10.7. The molecule has 0 saturated heterocycles. The second kappa shape index (κ2) is 3.91. The molecular formula is C10H9N3O2. The number of H-pyrrole nitrogens is 1. The van der Waals surface area contributed by atoms with Crippen LogP contribution in [0, 0.1) is 0 Å². The molecule has 2 aromatic heterocycles. The fourth-order valence-electron chi connectivity index (χ4n) is 1.30. The van der Waals surface area contributed by atoms with Crippen LogP contribution in [0.4, 0.5) is 0 Å². The van der Waals surface area contributed by atoms with Crippen molar-refractivity contribution >= 4 is 5.97 Å². The Morgan fingerprint density at radius 1 is 1.53 bits per heavy atom. The van der Waals surface area contributed by atoms with Crippen LogP contribution in [0.3, 0.4) is 0 Å². The number of rotatable bonds is 2. The van der Waals surface area contributed by atoms with Crippen LogP contribution >= 0.6 is 0 Å². The van der Waals surface area contributed by atoms with Crippen LogP contribution in [0.5, 0.6) is 0 Å². The van der Waals surface area contributed by atoms with E-state index in [0.29, 0.717) is 11.3 Å². The van der Waals surface area contributed by atoms with Crippen molar-refractivity contribution < 1.29 is 9.53 Å². The van der Waals surface area contributed by atoms with Gasteiger partial charge >= 0.3 is 5.97 Å². The number of ether oxygens (including phenoxy) is 1. The third-order valence-corrected chi connectivity index (χ3v) is 2.00. The van der Waals surface area contributed by atoms with Crippen molar-refractivity contribution in [2.75, 3.05) is 7.11 Å². The minimum atomic E-state index is -0.452. The minimum Gasteiger partial charge on any atom is -0.464 e. The van der Waals surface area contributed by atoms with Gasteiger partial charge in [-0.15, -0.1) is 0 Å². The molecule has 0 atom stereocenters. The maximum Gasteiger partial charge on any atom is 0.357 e. The number of nitrogens with one attached hydrogen (secondary N) is 1. The van der Waals surface area contributed by atoms with Crippen molar-refractivity contribution in [3.05, 3.63) is 36.4 Å². The van der Waals surface area contributed by atoms with E-state index in [1.165, 1.54) is 7.11 Å². The Morgan fingerprint density at radius 3 is 3.07 bits per heavy atom. The summed E-state index contributed by atoms with van der Waals surface area (Å²) < 4.78 is 4.64. The summed E-state index contributed by atoms with van der Waals surface area (Å²) >= 11 is 0. The van der Waals surface area contributed by atoms with E-state index in [4.69, 9.17) is 0 Å². The highest BCUT2D eigenvalue weighted by Gasteiger charge is 2.14. The van der Waals surface area contributed by atoms with Crippen molar-refractivity contribution in [2.24, 2.45) is 0 Å². The first-order valence-electron chi connectivity index (χ1n) is 4.35. The summed E-state index contributed by atoms with van der Waals surface area (Å²) in [5.41, 5.74) is 1.81. The molecule has 2 rings (SSSR count). The zero-order valence-electron chi connectivity index (χ0n) is 8.10. The Hall–Kier alpha value is -2.17. The molecule has 0 aliphatic heterocycles. The summed E-state index contributed by atoms with van der Waals surface area (Å²) in [4.78, 5) is 15.4. The van der Waals surface area contributed by atoms with Gasteiger partial charge in [0.15, 0.2) is 5.69 Å². The van der Waals surface area contributed by atoms with Crippen LogP contribution in [0.1, 0.15) is 10.5 Å².